The zero-order valence-corrected chi connectivity index (χ0v) is 9.86. The van der Waals surface area contributed by atoms with Gasteiger partial charge in [0.1, 0.15) is 12.3 Å². The van der Waals surface area contributed by atoms with E-state index < -0.39 is 17.7 Å². The van der Waals surface area contributed by atoms with Crippen LogP contribution in [0.4, 0.5) is 23.4 Å². The van der Waals surface area contributed by atoms with Gasteiger partial charge in [-0.2, -0.15) is 18.2 Å². The predicted molar refractivity (Wildman–Crippen MR) is 60.0 cm³/mol. The maximum atomic E-state index is 12.8. The fraction of sp³-hybridized carbons (Fsp3) is 0.182. The number of hydrogen-bond acceptors (Lipinski definition) is 5. The maximum Gasteiger partial charge on any atom is 0.433 e. The van der Waals surface area contributed by atoms with E-state index in [9.17, 15) is 17.6 Å². The fourth-order valence-corrected chi connectivity index (χ4v) is 1.26. The van der Waals surface area contributed by atoms with Crippen LogP contribution in [-0.4, -0.2) is 15.0 Å². The van der Waals surface area contributed by atoms with Gasteiger partial charge in [0.25, 0.3) is 0 Å². The van der Waals surface area contributed by atoms with Crippen molar-refractivity contribution in [3.8, 4) is 6.01 Å². The number of nitrogens with two attached hydrogens (primary N) is 1. The molecule has 0 radical (unpaired) electrons. The van der Waals surface area contributed by atoms with Gasteiger partial charge >= 0.3 is 12.2 Å². The van der Waals surface area contributed by atoms with Gasteiger partial charge in [-0.25, -0.2) is 9.37 Å². The summed E-state index contributed by atoms with van der Waals surface area (Å²) in [7, 11) is 0. The first-order valence-electron chi connectivity index (χ1n) is 5.29. The summed E-state index contributed by atoms with van der Waals surface area (Å²) in [5, 5.41) is 0. The first-order chi connectivity index (χ1) is 9.36. The Labute approximate surface area is 110 Å². The molecule has 0 aromatic carbocycles. The van der Waals surface area contributed by atoms with E-state index >= 15 is 0 Å². The van der Waals surface area contributed by atoms with Crippen LogP contribution in [0.2, 0.25) is 0 Å². The third kappa shape index (κ3) is 3.31. The van der Waals surface area contributed by atoms with Gasteiger partial charge in [-0.1, -0.05) is 6.07 Å². The Morgan fingerprint density at radius 3 is 2.45 bits per heavy atom. The van der Waals surface area contributed by atoms with Gasteiger partial charge in [0.15, 0.2) is 11.6 Å². The number of nitrogen functional groups attached to an aromatic ring is 1. The van der Waals surface area contributed by atoms with Gasteiger partial charge in [0.05, 0.1) is 6.20 Å². The van der Waals surface area contributed by atoms with Gasteiger partial charge in [-0.05, 0) is 6.07 Å². The lowest BCUT2D eigenvalue weighted by Crippen LogP contribution is -2.08. The van der Waals surface area contributed by atoms with Crippen LogP contribution in [0.25, 0.3) is 0 Å². The second kappa shape index (κ2) is 5.27. The lowest BCUT2D eigenvalue weighted by molar-refractivity contribution is -0.141. The smallest absolute Gasteiger partial charge is 0.433 e. The Kier molecular flexibility index (Phi) is 3.68. The Bertz CT molecular complexity index is 600. The van der Waals surface area contributed by atoms with Crippen LogP contribution < -0.4 is 10.5 Å². The molecular formula is C11H8F4N4O. The molecule has 2 N–H and O–H groups in total. The van der Waals surface area contributed by atoms with E-state index in [1.54, 1.807) is 0 Å². The molecule has 0 aliphatic heterocycles. The number of aromatic nitrogens is 3. The number of ether oxygens (including phenoxy) is 1. The summed E-state index contributed by atoms with van der Waals surface area (Å²) in [6, 6.07) is 1.87. The molecule has 2 heterocycles. The van der Waals surface area contributed by atoms with E-state index in [0.717, 1.165) is 18.5 Å². The van der Waals surface area contributed by atoms with E-state index in [2.05, 4.69) is 15.0 Å². The van der Waals surface area contributed by atoms with E-state index in [0.29, 0.717) is 5.56 Å². The molecule has 2 aromatic rings. The van der Waals surface area contributed by atoms with Crippen molar-refractivity contribution in [2.75, 3.05) is 5.73 Å². The Morgan fingerprint density at radius 1 is 1.15 bits per heavy atom. The molecule has 2 aromatic heterocycles. The predicted octanol–water partition coefficient (Wildman–Crippen LogP) is 2.19. The molecular weight excluding hydrogens is 280 g/mol. The lowest BCUT2D eigenvalue weighted by atomic mass is 10.2. The molecule has 0 saturated heterocycles. The molecule has 0 atom stereocenters. The van der Waals surface area contributed by atoms with Crippen LogP contribution in [0.15, 0.2) is 24.5 Å². The van der Waals surface area contributed by atoms with Gasteiger partial charge in [-0.3, -0.25) is 4.98 Å². The maximum absolute atomic E-state index is 12.8. The molecule has 20 heavy (non-hydrogen) atoms. The minimum atomic E-state index is -4.49. The molecule has 0 fully saturated rings. The standard InChI is InChI=1S/C11H8F4N4O/c12-7-4-18-10(19-9(7)16)20-5-6-1-2-8(17-3-6)11(13,14)15/h1-4H,5H2,(H2,16,18,19). The number of alkyl halides is 3. The minimum absolute atomic E-state index is 0.115. The van der Waals surface area contributed by atoms with Crippen LogP contribution in [-0.2, 0) is 12.8 Å². The molecule has 0 bridgehead atoms. The monoisotopic (exact) mass is 288 g/mol. The van der Waals surface area contributed by atoms with Crippen LogP contribution in [0, 0.1) is 5.82 Å². The van der Waals surface area contributed by atoms with Crippen molar-refractivity contribution in [1.82, 2.24) is 15.0 Å². The molecule has 0 amide bonds. The van der Waals surface area contributed by atoms with Crippen LogP contribution in [0.3, 0.4) is 0 Å². The summed E-state index contributed by atoms with van der Waals surface area (Å²) in [5.74, 6) is -1.16. The van der Waals surface area contributed by atoms with Crippen molar-refractivity contribution in [3.63, 3.8) is 0 Å². The summed E-state index contributed by atoms with van der Waals surface area (Å²) in [6.07, 6.45) is -2.63. The Balaban J connectivity index is 2.02. The van der Waals surface area contributed by atoms with E-state index in [4.69, 9.17) is 10.5 Å². The summed E-state index contributed by atoms with van der Waals surface area (Å²) in [5.41, 5.74) is 4.60. The van der Waals surface area contributed by atoms with Crippen molar-refractivity contribution in [2.45, 2.75) is 12.8 Å². The molecule has 0 aliphatic carbocycles. The largest absolute Gasteiger partial charge is 0.458 e. The number of pyridine rings is 1. The minimum Gasteiger partial charge on any atom is -0.458 e. The second-order valence-corrected chi connectivity index (χ2v) is 3.72. The molecule has 9 heteroatoms. The highest BCUT2D eigenvalue weighted by atomic mass is 19.4. The van der Waals surface area contributed by atoms with Gasteiger partial charge in [-0.15, -0.1) is 0 Å². The molecule has 5 nitrogen and oxygen atoms in total. The van der Waals surface area contributed by atoms with Crippen molar-refractivity contribution >= 4 is 5.82 Å². The van der Waals surface area contributed by atoms with Crippen LogP contribution in [0.1, 0.15) is 11.3 Å². The number of anilines is 1. The SMILES string of the molecule is Nc1nc(OCc2ccc(C(F)(F)F)nc2)ncc1F. The van der Waals surface area contributed by atoms with Crippen molar-refractivity contribution in [2.24, 2.45) is 0 Å². The van der Waals surface area contributed by atoms with Crippen molar-refractivity contribution < 1.29 is 22.3 Å². The average molecular weight is 288 g/mol. The molecule has 0 saturated carbocycles. The highest BCUT2D eigenvalue weighted by Gasteiger charge is 2.31. The van der Waals surface area contributed by atoms with E-state index in [-0.39, 0.29) is 18.4 Å². The Hall–Kier alpha value is -2.45. The first-order valence-corrected chi connectivity index (χ1v) is 5.29. The van der Waals surface area contributed by atoms with E-state index in [1.165, 1.54) is 6.07 Å². The molecule has 0 aliphatic rings. The third-order valence-electron chi connectivity index (χ3n) is 2.23. The van der Waals surface area contributed by atoms with E-state index in [1.807, 2.05) is 0 Å². The quantitative estimate of drug-likeness (QED) is 0.876. The highest BCUT2D eigenvalue weighted by Crippen LogP contribution is 2.27. The highest BCUT2D eigenvalue weighted by molar-refractivity contribution is 5.29. The topological polar surface area (TPSA) is 73.9 Å². The number of rotatable bonds is 3. The normalized spacial score (nSPS) is 11.4. The fourth-order valence-electron chi connectivity index (χ4n) is 1.26. The van der Waals surface area contributed by atoms with Crippen molar-refractivity contribution in [1.29, 1.82) is 0 Å². The summed E-state index contributed by atoms with van der Waals surface area (Å²) >= 11 is 0. The molecule has 0 unspecified atom stereocenters. The van der Waals surface area contributed by atoms with Crippen LogP contribution in [0.5, 0.6) is 6.01 Å². The number of hydrogen-bond donors (Lipinski definition) is 1. The lowest BCUT2D eigenvalue weighted by Gasteiger charge is -2.07. The van der Waals surface area contributed by atoms with Gasteiger partial charge in [0.2, 0.25) is 0 Å². The first kappa shape index (κ1) is 14.0. The van der Waals surface area contributed by atoms with Crippen LogP contribution >= 0.6 is 0 Å². The summed E-state index contributed by atoms with van der Waals surface area (Å²) in [4.78, 5) is 10.3. The van der Waals surface area contributed by atoms with Gasteiger partial charge < -0.3 is 10.5 Å². The summed E-state index contributed by atoms with van der Waals surface area (Å²) in [6.45, 7) is -0.115. The zero-order valence-electron chi connectivity index (χ0n) is 9.86. The third-order valence-corrected chi connectivity index (χ3v) is 2.23. The number of nitrogens with zero attached hydrogens (tertiary/aromatic N) is 3. The number of halogens is 4. The Morgan fingerprint density at radius 2 is 1.90 bits per heavy atom. The average Bonchev–Trinajstić information content (AvgIpc) is 2.40. The molecule has 0 spiro atoms. The van der Waals surface area contributed by atoms with Crippen molar-refractivity contribution in [3.05, 3.63) is 41.6 Å². The summed E-state index contributed by atoms with van der Waals surface area (Å²) < 4.78 is 54.7. The zero-order chi connectivity index (χ0) is 14.8. The molecule has 106 valence electrons. The molecule has 2 rings (SSSR count). The second-order valence-electron chi connectivity index (χ2n) is 3.72. The van der Waals surface area contributed by atoms with Gasteiger partial charge in [0, 0.05) is 11.8 Å².